The molecule has 0 saturated heterocycles. The molecule has 0 fully saturated rings. The molecule has 0 aliphatic carbocycles. The predicted octanol–water partition coefficient (Wildman–Crippen LogP) is 3.48. The van der Waals surface area contributed by atoms with Crippen LogP contribution in [0, 0.1) is 0 Å². The molecule has 1 rings (SSSR count). The third-order valence-corrected chi connectivity index (χ3v) is 3.55. The third kappa shape index (κ3) is 2.44. The van der Waals surface area contributed by atoms with Crippen molar-refractivity contribution in [1.82, 2.24) is 0 Å². The van der Waals surface area contributed by atoms with Gasteiger partial charge < -0.3 is 5.73 Å². The molecule has 0 aromatic carbocycles. The Balaban J connectivity index is 2.71. The summed E-state index contributed by atoms with van der Waals surface area (Å²) in [5.74, 6) is 0. The van der Waals surface area contributed by atoms with Gasteiger partial charge in [0.25, 0.3) is 0 Å². The number of hydrogen-bond acceptors (Lipinski definition) is 2. The van der Waals surface area contributed by atoms with E-state index in [4.69, 9.17) is 5.73 Å². The fraction of sp³-hybridized carbons (Fsp3) is 0.333. The van der Waals surface area contributed by atoms with E-state index in [0.29, 0.717) is 0 Å². The van der Waals surface area contributed by atoms with Crippen LogP contribution < -0.4 is 5.73 Å². The molecule has 1 aromatic heterocycles. The van der Waals surface area contributed by atoms with Crippen molar-refractivity contribution in [2.75, 3.05) is 0 Å². The largest absolute Gasteiger partial charge is 0.323 e. The summed E-state index contributed by atoms with van der Waals surface area (Å²) in [4.78, 5) is 1.21. The first-order valence-electron chi connectivity index (χ1n) is 3.74. The van der Waals surface area contributed by atoms with Gasteiger partial charge in [0, 0.05) is 15.4 Å². The molecule has 0 bridgehead atoms. The first-order valence-corrected chi connectivity index (χ1v) is 5.41. The highest BCUT2D eigenvalue weighted by Crippen LogP contribution is 2.30. The number of nitrogens with two attached hydrogens (primary N) is 1. The van der Waals surface area contributed by atoms with Gasteiger partial charge in [-0.2, -0.15) is 0 Å². The second-order valence-electron chi connectivity index (χ2n) is 2.90. The minimum Gasteiger partial charge on any atom is -0.323 e. The summed E-state index contributed by atoms with van der Waals surface area (Å²) in [6, 6.07) is 2.12. The fourth-order valence-corrected chi connectivity index (χ4v) is 2.71. The molecule has 2 N–H and O–H groups in total. The van der Waals surface area contributed by atoms with Crippen molar-refractivity contribution in [3.8, 4) is 0 Å². The normalized spacial score (nSPS) is 12.9. The highest BCUT2D eigenvalue weighted by atomic mass is 79.9. The van der Waals surface area contributed by atoms with Gasteiger partial charge >= 0.3 is 0 Å². The standard InChI is InChI=1S/C9H12BrNS/c1-6(2)5-8(11)9-7(10)3-4-12-9/h3-4,8H,1,5,11H2,2H3/t8-/m0/s1. The van der Waals surface area contributed by atoms with Crippen molar-refractivity contribution < 1.29 is 0 Å². The molecular formula is C9H12BrNS. The molecular weight excluding hydrogens is 234 g/mol. The molecule has 1 aromatic rings. The summed E-state index contributed by atoms with van der Waals surface area (Å²) < 4.78 is 1.11. The van der Waals surface area contributed by atoms with Crippen LogP contribution >= 0.6 is 27.3 Å². The molecule has 0 unspecified atom stereocenters. The molecule has 0 spiro atoms. The van der Waals surface area contributed by atoms with Crippen LogP contribution in [0.2, 0.25) is 0 Å². The summed E-state index contributed by atoms with van der Waals surface area (Å²) in [7, 11) is 0. The van der Waals surface area contributed by atoms with E-state index >= 15 is 0 Å². The number of halogens is 1. The van der Waals surface area contributed by atoms with Gasteiger partial charge in [-0.25, -0.2) is 0 Å². The topological polar surface area (TPSA) is 26.0 Å². The fourth-order valence-electron chi connectivity index (χ4n) is 1.04. The smallest absolute Gasteiger partial charge is 0.0438 e. The Bertz CT molecular complexity index is 280. The van der Waals surface area contributed by atoms with Gasteiger partial charge in [0.2, 0.25) is 0 Å². The van der Waals surface area contributed by atoms with Gasteiger partial charge in [0.1, 0.15) is 0 Å². The second kappa shape index (κ2) is 4.21. The summed E-state index contributed by atoms with van der Waals surface area (Å²) >= 11 is 5.14. The van der Waals surface area contributed by atoms with E-state index in [2.05, 4.69) is 22.5 Å². The number of rotatable bonds is 3. The minimum atomic E-state index is 0.0943. The molecule has 0 amide bonds. The van der Waals surface area contributed by atoms with Crippen LogP contribution in [0.5, 0.6) is 0 Å². The van der Waals surface area contributed by atoms with Crippen molar-refractivity contribution in [3.05, 3.63) is 32.9 Å². The van der Waals surface area contributed by atoms with E-state index in [9.17, 15) is 0 Å². The monoisotopic (exact) mass is 245 g/mol. The zero-order valence-electron chi connectivity index (χ0n) is 7.01. The zero-order chi connectivity index (χ0) is 9.14. The Hall–Kier alpha value is -0.120. The van der Waals surface area contributed by atoms with Crippen LogP contribution in [0.4, 0.5) is 0 Å². The lowest BCUT2D eigenvalue weighted by Crippen LogP contribution is -2.08. The van der Waals surface area contributed by atoms with Gasteiger partial charge in [-0.3, -0.25) is 0 Å². The van der Waals surface area contributed by atoms with Crippen LogP contribution in [-0.2, 0) is 0 Å². The molecule has 3 heteroatoms. The zero-order valence-corrected chi connectivity index (χ0v) is 9.41. The van der Waals surface area contributed by atoms with Crippen molar-refractivity contribution in [1.29, 1.82) is 0 Å². The predicted molar refractivity (Wildman–Crippen MR) is 58.4 cm³/mol. The Labute approximate surface area is 85.4 Å². The lowest BCUT2D eigenvalue weighted by atomic mass is 10.1. The molecule has 0 aliphatic rings. The van der Waals surface area contributed by atoms with E-state index in [1.807, 2.05) is 18.4 Å². The van der Waals surface area contributed by atoms with Crippen molar-refractivity contribution in [3.63, 3.8) is 0 Å². The average molecular weight is 246 g/mol. The molecule has 12 heavy (non-hydrogen) atoms. The van der Waals surface area contributed by atoms with Crippen LogP contribution in [0.1, 0.15) is 24.3 Å². The van der Waals surface area contributed by atoms with Crippen molar-refractivity contribution in [2.24, 2.45) is 5.73 Å². The first kappa shape index (κ1) is 9.96. The quantitative estimate of drug-likeness (QED) is 0.812. The molecule has 0 saturated carbocycles. The summed E-state index contributed by atoms with van der Waals surface area (Å²) in [5, 5.41) is 2.04. The van der Waals surface area contributed by atoms with E-state index in [1.165, 1.54) is 4.88 Å². The second-order valence-corrected chi connectivity index (χ2v) is 4.70. The highest BCUT2D eigenvalue weighted by molar-refractivity contribution is 9.10. The summed E-state index contributed by atoms with van der Waals surface area (Å²) in [6.45, 7) is 5.85. The molecule has 66 valence electrons. The van der Waals surface area contributed by atoms with Gasteiger partial charge in [-0.1, -0.05) is 5.57 Å². The Morgan fingerprint density at radius 2 is 2.50 bits per heavy atom. The molecule has 0 aliphatic heterocycles. The van der Waals surface area contributed by atoms with Crippen LogP contribution in [0.15, 0.2) is 28.1 Å². The van der Waals surface area contributed by atoms with Crippen molar-refractivity contribution in [2.45, 2.75) is 19.4 Å². The van der Waals surface area contributed by atoms with Gasteiger partial charge in [0.15, 0.2) is 0 Å². The summed E-state index contributed by atoms with van der Waals surface area (Å²) in [5.41, 5.74) is 7.09. The molecule has 1 nitrogen and oxygen atoms in total. The third-order valence-electron chi connectivity index (χ3n) is 1.55. The van der Waals surface area contributed by atoms with Crippen LogP contribution in [0.25, 0.3) is 0 Å². The minimum absolute atomic E-state index is 0.0943. The van der Waals surface area contributed by atoms with Gasteiger partial charge in [-0.05, 0) is 40.7 Å². The maximum absolute atomic E-state index is 5.96. The number of thiophene rings is 1. The molecule has 1 atom stereocenters. The van der Waals surface area contributed by atoms with E-state index < -0.39 is 0 Å². The molecule has 1 heterocycles. The number of hydrogen-bond donors (Lipinski definition) is 1. The Morgan fingerprint density at radius 3 is 2.92 bits per heavy atom. The molecule has 0 radical (unpaired) electrons. The van der Waals surface area contributed by atoms with E-state index in [0.717, 1.165) is 16.5 Å². The summed E-state index contributed by atoms with van der Waals surface area (Å²) in [6.07, 6.45) is 0.860. The van der Waals surface area contributed by atoms with E-state index in [-0.39, 0.29) is 6.04 Å². The van der Waals surface area contributed by atoms with E-state index in [1.54, 1.807) is 11.3 Å². The van der Waals surface area contributed by atoms with Gasteiger partial charge in [-0.15, -0.1) is 17.9 Å². The van der Waals surface area contributed by atoms with Crippen LogP contribution in [0.3, 0.4) is 0 Å². The first-order chi connectivity index (χ1) is 5.61. The Kier molecular flexibility index (Phi) is 3.50. The average Bonchev–Trinajstić information content (AvgIpc) is 2.33. The van der Waals surface area contributed by atoms with Gasteiger partial charge in [0.05, 0.1) is 0 Å². The maximum Gasteiger partial charge on any atom is 0.0438 e. The lowest BCUT2D eigenvalue weighted by molar-refractivity contribution is 0.728. The lowest BCUT2D eigenvalue weighted by Gasteiger charge is -2.09. The highest BCUT2D eigenvalue weighted by Gasteiger charge is 2.10. The van der Waals surface area contributed by atoms with Crippen molar-refractivity contribution >= 4 is 27.3 Å². The Morgan fingerprint density at radius 1 is 1.83 bits per heavy atom. The maximum atomic E-state index is 5.96. The SMILES string of the molecule is C=C(C)C[C@H](N)c1sccc1Br. The van der Waals surface area contributed by atoms with Crippen LogP contribution in [-0.4, -0.2) is 0 Å².